The molecule has 0 atom stereocenters. The first kappa shape index (κ1) is 28.3. The van der Waals surface area contributed by atoms with E-state index in [2.05, 4.69) is 15.5 Å². The zero-order valence-corrected chi connectivity index (χ0v) is 23.1. The topological polar surface area (TPSA) is 138 Å². The molecule has 202 valence electrons. The maximum atomic E-state index is 13.2. The highest BCUT2D eigenvalue weighted by atomic mass is 35.5. The molecular weight excluding hydrogens is 565 g/mol. The lowest BCUT2D eigenvalue weighted by Crippen LogP contribution is -2.12. The first-order valence-corrected chi connectivity index (χ1v) is 13.9. The highest BCUT2D eigenvalue weighted by Crippen LogP contribution is 2.40. The van der Waals surface area contributed by atoms with Crippen molar-refractivity contribution >= 4 is 67.1 Å². The smallest absolute Gasteiger partial charge is 0.296 e. The summed E-state index contributed by atoms with van der Waals surface area (Å²) in [5.74, 6) is -0.589. The molecule has 0 aliphatic carbocycles. The lowest BCUT2D eigenvalue weighted by Gasteiger charge is -2.12. The fourth-order valence-electron chi connectivity index (χ4n) is 3.89. The van der Waals surface area contributed by atoms with Gasteiger partial charge in [0.2, 0.25) is 0 Å². The maximum absolute atomic E-state index is 13.2. The molecule has 0 saturated carbocycles. The minimum atomic E-state index is -4.62. The number of aromatic hydroxyl groups is 1. The predicted octanol–water partition coefficient (Wildman–Crippen LogP) is 7.73. The van der Waals surface area contributed by atoms with E-state index in [1.54, 1.807) is 43.3 Å². The van der Waals surface area contributed by atoms with E-state index < -0.39 is 26.7 Å². The van der Waals surface area contributed by atoms with E-state index >= 15 is 0 Å². The number of ether oxygens (including phenoxy) is 1. The number of carbonyl (C=O) groups is 1. The minimum absolute atomic E-state index is 0.00983. The molecule has 0 saturated heterocycles. The van der Waals surface area contributed by atoms with Gasteiger partial charge >= 0.3 is 0 Å². The van der Waals surface area contributed by atoms with Crippen LogP contribution in [0, 0.1) is 0 Å². The number of hydrogen-bond donors (Lipinski definition) is 3. The van der Waals surface area contributed by atoms with E-state index in [-0.39, 0.29) is 22.0 Å². The van der Waals surface area contributed by atoms with Gasteiger partial charge in [-0.1, -0.05) is 54.4 Å². The lowest BCUT2D eigenvalue weighted by atomic mass is 10.0. The summed E-state index contributed by atoms with van der Waals surface area (Å²) in [6.45, 7) is 4.02. The molecule has 0 fully saturated rings. The molecule has 0 radical (unpaired) electrons. The number of fused-ring (bicyclic) bond motifs is 1. The van der Waals surface area contributed by atoms with Crippen LogP contribution in [0.3, 0.4) is 0 Å². The van der Waals surface area contributed by atoms with Crippen molar-refractivity contribution in [2.75, 3.05) is 11.9 Å². The molecule has 9 nitrogen and oxygen atoms in total. The summed E-state index contributed by atoms with van der Waals surface area (Å²) in [5.41, 5.74) is 0.805. The highest BCUT2D eigenvalue weighted by Gasteiger charge is 2.21. The van der Waals surface area contributed by atoms with Crippen LogP contribution in [0.15, 0.2) is 75.8 Å². The van der Waals surface area contributed by atoms with Gasteiger partial charge in [-0.15, -0.1) is 5.11 Å². The molecule has 0 aliphatic heterocycles. The Morgan fingerprint density at radius 1 is 1.03 bits per heavy atom. The van der Waals surface area contributed by atoms with Crippen LogP contribution in [0.1, 0.15) is 29.8 Å². The summed E-state index contributed by atoms with van der Waals surface area (Å²) < 4.78 is 38.6. The Kier molecular flexibility index (Phi) is 8.41. The van der Waals surface area contributed by atoms with Gasteiger partial charge in [-0.3, -0.25) is 9.35 Å². The lowest BCUT2D eigenvalue weighted by molar-refractivity contribution is 0.102. The van der Waals surface area contributed by atoms with Crippen molar-refractivity contribution in [3.63, 3.8) is 0 Å². The molecule has 4 rings (SSSR count). The third-order valence-electron chi connectivity index (χ3n) is 5.75. The quantitative estimate of drug-likeness (QED) is 0.142. The number of hydrogen-bond acceptors (Lipinski definition) is 7. The van der Waals surface area contributed by atoms with Crippen molar-refractivity contribution in [2.45, 2.75) is 25.2 Å². The van der Waals surface area contributed by atoms with Crippen LogP contribution in [0.2, 0.25) is 10.0 Å². The Labute approximate surface area is 234 Å². The number of phenolic OH excluding ortho intramolecular Hbond substituents is 1. The van der Waals surface area contributed by atoms with Gasteiger partial charge in [-0.25, -0.2) is 0 Å². The number of azo groups is 1. The van der Waals surface area contributed by atoms with Gasteiger partial charge in [0.25, 0.3) is 16.0 Å². The zero-order valence-electron chi connectivity index (χ0n) is 20.8. The first-order valence-electron chi connectivity index (χ1n) is 11.7. The average molecular weight is 588 g/mol. The minimum Gasteiger partial charge on any atom is -0.505 e. The molecule has 0 aromatic heterocycles. The Hall–Kier alpha value is -3.70. The van der Waals surface area contributed by atoms with Crippen LogP contribution in [0.4, 0.5) is 17.1 Å². The summed E-state index contributed by atoms with van der Waals surface area (Å²) in [4.78, 5) is 12.7. The third-order valence-corrected chi connectivity index (χ3v) is 7.48. The van der Waals surface area contributed by atoms with Gasteiger partial charge in [0, 0.05) is 11.1 Å². The molecule has 0 aliphatic rings. The number of amides is 1. The second-order valence-corrected chi connectivity index (χ2v) is 10.5. The predicted molar refractivity (Wildman–Crippen MR) is 151 cm³/mol. The number of halogens is 2. The summed E-state index contributed by atoms with van der Waals surface area (Å²) in [7, 11) is -4.62. The number of benzene rings is 4. The molecule has 0 bridgehead atoms. The van der Waals surface area contributed by atoms with Gasteiger partial charge in [0.05, 0.1) is 27.9 Å². The fraction of sp³-hybridized carbons (Fsp3) is 0.148. The Bertz CT molecular complexity index is 1720. The number of aryl methyl sites for hydroxylation is 1. The van der Waals surface area contributed by atoms with E-state index in [1.165, 1.54) is 18.2 Å². The van der Waals surface area contributed by atoms with E-state index in [9.17, 15) is 22.9 Å². The van der Waals surface area contributed by atoms with Gasteiger partial charge < -0.3 is 15.2 Å². The Morgan fingerprint density at radius 2 is 1.77 bits per heavy atom. The molecule has 4 aromatic carbocycles. The number of nitrogens with one attached hydrogen (secondary N) is 1. The summed E-state index contributed by atoms with van der Waals surface area (Å²) >= 11 is 12.4. The van der Waals surface area contributed by atoms with Crippen LogP contribution < -0.4 is 10.1 Å². The molecule has 3 N–H and O–H groups in total. The molecule has 1 amide bonds. The summed E-state index contributed by atoms with van der Waals surface area (Å²) in [6, 6.07) is 15.8. The van der Waals surface area contributed by atoms with Gasteiger partial charge in [0.1, 0.15) is 16.3 Å². The molecule has 0 heterocycles. The largest absolute Gasteiger partial charge is 0.505 e. The van der Waals surface area contributed by atoms with Crippen LogP contribution in [0.5, 0.6) is 11.5 Å². The number of anilines is 1. The van der Waals surface area contributed by atoms with Crippen molar-refractivity contribution in [2.24, 2.45) is 10.2 Å². The van der Waals surface area contributed by atoms with E-state index in [1.807, 2.05) is 6.92 Å². The zero-order chi connectivity index (χ0) is 28.3. The molecule has 0 unspecified atom stereocenters. The fourth-order valence-corrected chi connectivity index (χ4v) is 5.29. The SMILES string of the molecule is CCOc1ccc(NC(=O)c2cc3ccccc3c(N=Nc3cc(CC)c(Cl)c(S(=O)(=O)O)c3)c2O)cc1Cl. The van der Waals surface area contributed by atoms with Crippen LogP contribution in [-0.2, 0) is 16.5 Å². The van der Waals surface area contributed by atoms with Gasteiger partial charge in [0.15, 0.2) is 5.75 Å². The normalized spacial score (nSPS) is 11.7. The van der Waals surface area contributed by atoms with Gasteiger partial charge in [-0.2, -0.15) is 13.5 Å². The first-order chi connectivity index (χ1) is 18.5. The Balaban J connectivity index is 1.77. The van der Waals surface area contributed by atoms with E-state index in [0.29, 0.717) is 45.8 Å². The summed E-state index contributed by atoms with van der Waals surface area (Å²) in [5, 5.41) is 23.4. The van der Waals surface area contributed by atoms with Crippen molar-refractivity contribution in [3.8, 4) is 11.5 Å². The molecule has 0 spiro atoms. The number of nitrogens with zero attached hydrogens (tertiary/aromatic N) is 2. The number of carbonyl (C=O) groups excluding carboxylic acids is 1. The highest BCUT2D eigenvalue weighted by molar-refractivity contribution is 7.86. The molecule has 12 heteroatoms. The van der Waals surface area contributed by atoms with Gasteiger partial charge in [-0.05, 0) is 60.7 Å². The molecular formula is C27H23Cl2N3O6S. The third kappa shape index (κ3) is 6.15. The number of rotatable bonds is 8. The second kappa shape index (κ2) is 11.6. The van der Waals surface area contributed by atoms with Crippen LogP contribution in [0.25, 0.3) is 10.8 Å². The van der Waals surface area contributed by atoms with Crippen LogP contribution >= 0.6 is 23.2 Å². The van der Waals surface area contributed by atoms with Crippen molar-refractivity contribution in [1.82, 2.24) is 0 Å². The monoisotopic (exact) mass is 587 g/mol. The molecule has 4 aromatic rings. The average Bonchev–Trinajstić information content (AvgIpc) is 2.89. The van der Waals surface area contributed by atoms with Crippen molar-refractivity contribution in [3.05, 3.63) is 81.8 Å². The standard InChI is InChI=1S/C27H23Cl2N3O6S/c1-3-15-11-18(14-23(24(15)29)39(35,36)37)31-32-25-19-8-6-5-7-16(19)12-20(26(25)33)27(34)30-17-9-10-22(38-4-2)21(28)13-17/h5-14,33H,3-4H2,1-2H3,(H,30,34)(H,35,36,37). The Morgan fingerprint density at radius 3 is 2.44 bits per heavy atom. The van der Waals surface area contributed by atoms with E-state index in [4.69, 9.17) is 27.9 Å². The van der Waals surface area contributed by atoms with Crippen molar-refractivity contribution in [1.29, 1.82) is 0 Å². The second-order valence-electron chi connectivity index (χ2n) is 8.32. The summed E-state index contributed by atoms with van der Waals surface area (Å²) in [6.07, 6.45) is 0.365. The molecule has 39 heavy (non-hydrogen) atoms. The van der Waals surface area contributed by atoms with Crippen molar-refractivity contribution < 1.29 is 27.6 Å². The number of phenols is 1. The van der Waals surface area contributed by atoms with Crippen LogP contribution in [-0.4, -0.2) is 30.6 Å². The van der Waals surface area contributed by atoms with E-state index in [0.717, 1.165) is 6.07 Å². The maximum Gasteiger partial charge on any atom is 0.296 e.